The molecule has 1 atom stereocenters. The largest absolute Gasteiger partial charge is 0.506 e. The van der Waals surface area contributed by atoms with Crippen molar-refractivity contribution in [3.63, 3.8) is 0 Å². The Morgan fingerprint density at radius 1 is 1.29 bits per heavy atom. The number of carbonyl (C=O) groups is 1. The fourth-order valence-corrected chi connectivity index (χ4v) is 5.91. The summed E-state index contributed by atoms with van der Waals surface area (Å²) >= 11 is 3.44. The van der Waals surface area contributed by atoms with Gasteiger partial charge in [0, 0.05) is 48.2 Å². The Hall–Kier alpha value is -2.27. The molecule has 0 aliphatic carbocycles. The van der Waals surface area contributed by atoms with Crippen LogP contribution in [0.1, 0.15) is 28.5 Å². The topological polar surface area (TPSA) is 81.0 Å². The number of aromatic hydroxyl groups is 1. The van der Waals surface area contributed by atoms with Crippen LogP contribution in [0.25, 0.3) is 10.9 Å². The Kier molecular flexibility index (Phi) is 7.71. The number of ether oxygens (including phenoxy) is 2. The number of rotatable bonds is 7. The van der Waals surface area contributed by atoms with E-state index in [4.69, 9.17) is 9.47 Å². The maximum Gasteiger partial charge on any atom is 0.340 e. The van der Waals surface area contributed by atoms with Crippen molar-refractivity contribution < 1.29 is 28.0 Å². The van der Waals surface area contributed by atoms with Gasteiger partial charge in [-0.25, -0.2) is 9.18 Å². The molecule has 1 saturated heterocycles. The summed E-state index contributed by atoms with van der Waals surface area (Å²) in [7, 11) is 0.177. The summed E-state index contributed by atoms with van der Waals surface area (Å²) in [5.41, 5.74) is 2.06. The first kappa shape index (κ1) is 24.8. The van der Waals surface area contributed by atoms with E-state index < -0.39 is 22.6 Å². The Balaban J connectivity index is 1.88. The third-order valence-corrected chi connectivity index (χ3v) is 7.85. The van der Waals surface area contributed by atoms with E-state index in [1.165, 1.54) is 18.2 Å². The van der Waals surface area contributed by atoms with Crippen molar-refractivity contribution in [3.05, 3.63) is 57.4 Å². The van der Waals surface area contributed by atoms with Crippen LogP contribution in [-0.2, 0) is 39.6 Å². The monoisotopic (exact) mass is 552 g/mol. The van der Waals surface area contributed by atoms with Crippen LogP contribution < -0.4 is 0 Å². The zero-order chi connectivity index (χ0) is 24.4. The first-order valence-electron chi connectivity index (χ1n) is 10.9. The van der Waals surface area contributed by atoms with Crippen LogP contribution in [0.15, 0.2) is 39.7 Å². The molecule has 1 aromatic heterocycles. The molecule has 0 spiro atoms. The number of phenolic OH excluding ortho intramolecular Hbond substituents is 1. The van der Waals surface area contributed by atoms with Crippen LogP contribution in [0.2, 0.25) is 0 Å². The first-order chi connectivity index (χ1) is 16.3. The molecule has 1 N–H and O–H groups in total. The van der Waals surface area contributed by atoms with E-state index in [-0.39, 0.29) is 23.7 Å². The first-order valence-corrected chi connectivity index (χ1v) is 13.1. The van der Waals surface area contributed by atoms with Gasteiger partial charge >= 0.3 is 5.97 Å². The summed E-state index contributed by atoms with van der Waals surface area (Å²) < 4.78 is 40.0. The van der Waals surface area contributed by atoms with Gasteiger partial charge in [0.05, 0.1) is 51.9 Å². The number of esters is 1. The van der Waals surface area contributed by atoms with Gasteiger partial charge in [0.2, 0.25) is 0 Å². The summed E-state index contributed by atoms with van der Waals surface area (Å²) in [6.45, 7) is 4.88. The molecular weight excluding hydrogens is 527 g/mol. The van der Waals surface area contributed by atoms with Gasteiger partial charge < -0.3 is 19.1 Å². The predicted molar refractivity (Wildman–Crippen MR) is 131 cm³/mol. The number of hydrogen-bond acceptors (Lipinski definition) is 6. The smallest absolute Gasteiger partial charge is 0.340 e. The molecule has 1 unspecified atom stereocenters. The van der Waals surface area contributed by atoms with Gasteiger partial charge in [0.1, 0.15) is 11.6 Å². The zero-order valence-corrected chi connectivity index (χ0v) is 21.4. The normalized spacial score (nSPS) is 15.5. The minimum atomic E-state index is -1.61. The summed E-state index contributed by atoms with van der Waals surface area (Å²) in [6.07, 6.45) is 0. The molecule has 3 aromatic rings. The molecule has 34 heavy (non-hydrogen) atoms. The molecule has 0 saturated carbocycles. The highest BCUT2D eigenvalue weighted by atomic mass is 79.9. The Labute approximate surface area is 208 Å². The predicted octanol–water partition coefficient (Wildman–Crippen LogP) is 4.10. The van der Waals surface area contributed by atoms with E-state index >= 15 is 0 Å². The fourth-order valence-electron chi connectivity index (χ4n) is 4.22. The third-order valence-electron chi connectivity index (χ3n) is 5.93. The van der Waals surface area contributed by atoms with Crippen molar-refractivity contribution in [2.45, 2.75) is 24.1 Å². The third kappa shape index (κ3) is 4.91. The molecule has 7 nitrogen and oxygen atoms in total. The summed E-state index contributed by atoms with van der Waals surface area (Å²) in [4.78, 5) is 15.7. The Morgan fingerprint density at radius 3 is 2.71 bits per heavy atom. The second kappa shape index (κ2) is 10.6. The van der Waals surface area contributed by atoms with Crippen LogP contribution in [0.4, 0.5) is 4.39 Å². The number of phenols is 1. The van der Waals surface area contributed by atoms with Crippen molar-refractivity contribution in [3.8, 4) is 5.75 Å². The van der Waals surface area contributed by atoms with E-state index in [1.54, 1.807) is 30.7 Å². The van der Waals surface area contributed by atoms with E-state index in [1.807, 2.05) is 0 Å². The van der Waals surface area contributed by atoms with Gasteiger partial charge in [-0.2, -0.15) is 0 Å². The molecule has 1 fully saturated rings. The molecular formula is C24H26BrFN2O5S. The summed E-state index contributed by atoms with van der Waals surface area (Å²) in [6, 6.07) is 7.36. The van der Waals surface area contributed by atoms with Crippen LogP contribution in [0.3, 0.4) is 0 Å². The van der Waals surface area contributed by atoms with E-state index in [0.29, 0.717) is 64.4 Å². The summed E-state index contributed by atoms with van der Waals surface area (Å²) in [5, 5.41) is 11.6. The molecule has 1 aliphatic rings. The number of benzene rings is 2. The average molecular weight is 553 g/mol. The molecule has 0 radical (unpaired) electrons. The Morgan fingerprint density at radius 2 is 2.03 bits per heavy atom. The number of aromatic nitrogens is 1. The minimum Gasteiger partial charge on any atom is -0.506 e. The van der Waals surface area contributed by atoms with Gasteiger partial charge in [-0.15, -0.1) is 0 Å². The van der Waals surface area contributed by atoms with Gasteiger partial charge in [0.25, 0.3) is 0 Å². The molecule has 0 amide bonds. The van der Waals surface area contributed by atoms with Crippen LogP contribution >= 0.6 is 15.9 Å². The van der Waals surface area contributed by atoms with Crippen molar-refractivity contribution in [2.75, 3.05) is 32.9 Å². The lowest BCUT2D eigenvalue weighted by Crippen LogP contribution is -2.35. The lowest BCUT2D eigenvalue weighted by Gasteiger charge is -2.27. The van der Waals surface area contributed by atoms with E-state index in [0.717, 1.165) is 0 Å². The molecule has 2 heterocycles. The quantitative estimate of drug-likeness (QED) is 0.444. The SMILES string of the molecule is CCOC(=O)c1c(CS(=O)c2cccc(F)c2)n(C)c2cc(Br)c(O)c(CN3CCOCC3)c12. The van der Waals surface area contributed by atoms with Crippen molar-refractivity contribution in [1.82, 2.24) is 9.47 Å². The number of morpholine rings is 1. The molecule has 1 aliphatic heterocycles. The second-order valence-corrected chi connectivity index (χ2v) is 10.3. The van der Waals surface area contributed by atoms with Gasteiger partial charge in [-0.1, -0.05) is 6.07 Å². The Bertz CT molecular complexity index is 1260. The van der Waals surface area contributed by atoms with Crippen molar-refractivity contribution >= 4 is 43.6 Å². The molecule has 4 rings (SSSR count). The minimum absolute atomic E-state index is 0.0157. The number of carbonyl (C=O) groups excluding carboxylic acids is 1. The van der Waals surface area contributed by atoms with Gasteiger partial charge in [-0.05, 0) is 47.1 Å². The maximum absolute atomic E-state index is 13.7. The second-order valence-electron chi connectivity index (χ2n) is 8.02. The van der Waals surface area contributed by atoms with E-state index in [9.17, 15) is 18.5 Å². The van der Waals surface area contributed by atoms with Crippen molar-refractivity contribution in [1.29, 1.82) is 0 Å². The van der Waals surface area contributed by atoms with E-state index in [2.05, 4.69) is 20.8 Å². The van der Waals surface area contributed by atoms with Gasteiger partial charge in [-0.3, -0.25) is 9.11 Å². The lowest BCUT2D eigenvalue weighted by molar-refractivity contribution is 0.0340. The maximum atomic E-state index is 13.7. The molecule has 182 valence electrons. The number of hydrogen-bond donors (Lipinski definition) is 1. The molecule has 0 bridgehead atoms. The zero-order valence-electron chi connectivity index (χ0n) is 19.0. The van der Waals surface area contributed by atoms with Crippen LogP contribution in [0.5, 0.6) is 5.75 Å². The number of fused-ring (bicyclic) bond motifs is 1. The highest BCUT2D eigenvalue weighted by Gasteiger charge is 2.29. The molecule has 10 heteroatoms. The molecule has 2 aromatic carbocycles. The summed E-state index contributed by atoms with van der Waals surface area (Å²) in [5.74, 6) is -0.995. The average Bonchev–Trinajstić information content (AvgIpc) is 3.09. The number of nitrogens with zero attached hydrogens (tertiary/aromatic N) is 2. The standard InChI is InChI=1S/C24H26BrFN2O5S/c1-3-33-24(30)22-20(14-34(31)16-6-4-5-15(26)11-16)27(2)19-12-18(25)23(29)17(21(19)22)13-28-7-9-32-10-8-28/h4-6,11-12,29H,3,7-10,13-14H2,1-2H3. The number of halogens is 2. The highest BCUT2D eigenvalue weighted by Crippen LogP contribution is 2.40. The van der Waals surface area contributed by atoms with Gasteiger partial charge in [0.15, 0.2) is 0 Å². The van der Waals surface area contributed by atoms with Crippen molar-refractivity contribution in [2.24, 2.45) is 7.05 Å². The fraction of sp³-hybridized carbons (Fsp3) is 0.375. The lowest BCUT2D eigenvalue weighted by atomic mass is 10.0. The van der Waals surface area contributed by atoms with Crippen LogP contribution in [-0.4, -0.2) is 57.7 Å². The highest BCUT2D eigenvalue weighted by molar-refractivity contribution is 9.10. The van der Waals surface area contributed by atoms with Crippen LogP contribution in [0, 0.1) is 5.82 Å². The number of aryl methyl sites for hydroxylation is 1.